The molecule has 3 heteroatoms. The van der Waals surface area contributed by atoms with Gasteiger partial charge >= 0.3 is 0 Å². The van der Waals surface area contributed by atoms with Gasteiger partial charge in [-0.15, -0.1) is 0 Å². The fourth-order valence-corrected chi connectivity index (χ4v) is 3.16. The molecule has 0 spiro atoms. The van der Waals surface area contributed by atoms with Gasteiger partial charge in [0.1, 0.15) is 0 Å². The zero-order chi connectivity index (χ0) is 11.6. The Balaban J connectivity index is 1.86. The van der Waals surface area contributed by atoms with Crippen molar-refractivity contribution in [2.75, 3.05) is 20.1 Å². The van der Waals surface area contributed by atoms with Gasteiger partial charge in [0.05, 0.1) is 5.60 Å². The Morgan fingerprint density at radius 1 is 1.31 bits per heavy atom. The number of aliphatic hydroxyl groups is 1. The van der Waals surface area contributed by atoms with E-state index in [1.54, 1.807) is 0 Å². The second kappa shape index (κ2) is 5.03. The summed E-state index contributed by atoms with van der Waals surface area (Å²) in [5.74, 6) is 0.794. The van der Waals surface area contributed by atoms with Crippen LogP contribution in [-0.2, 0) is 0 Å². The third kappa shape index (κ3) is 2.96. The molecule has 3 N–H and O–H groups in total. The minimum absolute atomic E-state index is 0.435. The molecule has 2 aliphatic carbocycles. The molecule has 0 bridgehead atoms. The van der Waals surface area contributed by atoms with Gasteiger partial charge in [0.2, 0.25) is 0 Å². The van der Waals surface area contributed by atoms with Crippen LogP contribution in [0.25, 0.3) is 0 Å². The van der Waals surface area contributed by atoms with Crippen LogP contribution >= 0.6 is 0 Å². The van der Waals surface area contributed by atoms with Crippen LogP contribution in [0.15, 0.2) is 0 Å². The van der Waals surface area contributed by atoms with E-state index >= 15 is 0 Å². The minimum Gasteiger partial charge on any atom is -0.389 e. The maximum atomic E-state index is 10.5. The van der Waals surface area contributed by atoms with Gasteiger partial charge < -0.3 is 10.8 Å². The van der Waals surface area contributed by atoms with Gasteiger partial charge in [-0.1, -0.05) is 19.3 Å². The van der Waals surface area contributed by atoms with Crippen LogP contribution in [0, 0.1) is 5.92 Å². The molecule has 0 aliphatic heterocycles. The molecule has 2 rings (SSSR count). The second-order valence-corrected chi connectivity index (χ2v) is 5.84. The van der Waals surface area contributed by atoms with Gasteiger partial charge in [-0.25, -0.2) is 0 Å². The SMILES string of the molecule is CN(CC1(O)CCCCC1)C(CN)C1CC1. The number of nitrogens with two attached hydrogens (primary N) is 1. The largest absolute Gasteiger partial charge is 0.389 e. The molecular weight excluding hydrogens is 200 g/mol. The Labute approximate surface area is 99.0 Å². The van der Waals surface area contributed by atoms with E-state index in [1.165, 1.54) is 32.1 Å². The van der Waals surface area contributed by atoms with Crippen LogP contribution in [0.3, 0.4) is 0 Å². The highest BCUT2D eigenvalue weighted by Crippen LogP contribution is 2.36. The molecule has 0 amide bonds. The van der Waals surface area contributed by atoms with Crippen LogP contribution in [0.4, 0.5) is 0 Å². The normalized spacial score (nSPS) is 27.0. The lowest BCUT2D eigenvalue weighted by Crippen LogP contribution is -2.49. The summed E-state index contributed by atoms with van der Waals surface area (Å²) >= 11 is 0. The van der Waals surface area contributed by atoms with Crippen molar-refractivity contribution < 1.29 is 5.11 Å². The van der Waals surface area contributed by atoms with Gasteiger partial charge in [0, 0.05) is 19.1 Å². The Bertz CT molecular complexity index is 222. The average Bonchev–Trinajstić information content (AvgIpc) is 3.03. The molecule has 1 atom stereocenters. The van der Waals surface area contributed by atoms with E-state index < -0.39 is 5.60 Å². The first kappa shape index (κ1) is 12.3. The maximum Gasteiger partial charge on any atom is 0.0774 e. The van der Waals surface area contributed by atoms with Gasteiger partial charge in [0.15, 0.2) is 0 Å². The summed E-state index contributed by atoms with van der Waals surface area (Å²) in [6, 6.07) is 0.492. The van der Waals surface area contributed by atoms with Gasteiger partial charge in [-0.2, -0.15) is 0 Å². The molecule has 94 valence electrons. The quantitative estimate of drug-likeness (QED) is 0.744. The molecule has 0 radical (unpaired) electrons. The zero-order valence-electron chi connectivity index (χ0n) is 10.5. The lowest BCUT2D eigenvalue weighted by molar-refractivity contribution is -0.0303. The molecule has 0 aromatic heterocycles. The summed E-state index contributed by atoms with van der Waals surface area (Å²) in [5, 5.41) is 10.5. The van der Waals surface area contributed by atoms with E-state index in [0.717, 1.165) is 31.8 Å². The highest BCUT2D eigenvalue weighted by atomic mass is 16.3. The number of hydrogen-bond donors (Lipinski definition) is 2. The maximum absolute atomic E-state index is 10.5. The van der Waals surface area contributed by atoms with Gasteiger partial charge in [0.25, 0.3) is 0 Å². The Hall–Kier alpha value is -0.120. The van der Waals surface area contributed by atoms with Crippen LogP contribution < -0.4 is 5.73 Å². The van der Waals surface area contributed by atoms with E-state index in [4.69, 9.17) is 5.73 Å². The number of nitrogens with zero attached hydrogens (tertiary/aromatic N) is 1. The summed E-state index contributed by atoms with van der Waals surface area (Å²) < 4.78 is 0. The number of likely N-dealkylation sites (N-methyl/N-ethyl adjacent to an activating group) is 1. The zero-order valence-corrected chi connectivity index (χ0v) is 10.5. The van der Waals surface area contributed by atoms with Crippen molar-refractivity contribution in [3.8, 4) is 0 Å². The third-order valence-electron chi connectivity index (χ3n) is 4.30. The van der Waals surface area contributed by atoms with E-state index in [2.05, 4.69) is 11.9 Å². The van der Waals surface area contributed by atoms with Crippen molar-refractivity contribution in [3.05, 3.63) is 0 Å². The van der Waals surface area contributed by atoms with Gasteiger partial charge in [-0.3, -0.25) is 4.90 Å². The average molecular weight is 226 g/mol. The molecule has 0 heterocycles. The fraction of sp³-hybridized carbons (Fsp3) is 1.00. The standard InChI is InChI=1S/C13H26N2O/c1-15(12(9-14)11-5-6-11)10-13(16)7-3-2-4-8-13/h11-12,16H,2-10,14H2,1H3. The molecule has 2 saturated carbocycles. The van der Waals surface area contributed by atoms with E-state index in [0.29, 0.717) is 6.04 Å². The summed E-state index contributed by atoms with van der Waals surface area (Å²) in [6.07, 6.45) is 8.24. The van der Waals surface area contributed by atoms with Crippen molar-refractivity contribution in [2.45, 2.75) is 56.6 Å². The smallest absolute Gasteiger partial charge is 0.0774 e. The monoisotopic (exact) mass is 226 g/mol. The van der Waals surface area contributed by atoms with E-state index in [-0.39, 0.29) is 0 Å². The molecule has 0 aromatic carbocycles. The summed E-state index contributed by atoms with van der Waals surface area (Å²) in [5.41, 5.74) is 5.40. The van der Waals surface area contributed by atoms with Crippen molar-refractivity contribution in [3.63, 3.8) is 0 Å². The molecule has 16 heavy (non-hydrogen) atoms. The lowest BCUT2D eigenvalue weighted by Gasteiger charge is -2.38. The first-order chi connectivity index (χ1) is 7.64. The Morgan fingerprint density at radius 2 is 1.94 bits per heavy atom. The molecule has 3 nitrogen and oxygen atoms in total. The second-order valence-electron chi connectivity index (χ2n) is 5.84. The molecule has 0 saturated heterocycles. The van der Waals surface area contributed by atoms with Crippen LogP contribution in [0.5, 0.6) is 0 Å². The first-order valence-electron chi connectivity index (χ1n) is 6.77. The number of hydrogen-bond acceptors (Lipinski definition) is 3. The highest BCUT2D eigenvalue weighted by molar-refractivity contribution is 4.92. The minimum atomic E-state index is -0.435. The van der Waals surface area contributed by atoms with Crippen LogP contribution in [0.1, 0.15) is 44.9 Å². The first-order valence-corrected chi connectivity index (χ1v) is 6.77. The molecular formula is C13H26N2O. The van der Waals surface area contributed by atoms with Crippen LogP contribution in [0.2, 0.25) is 0 Å². The highest BCUT2D eigenvalue weighted by Gasteiger charge is 2.37. The molecule has 2 aliphatic rings. The van der Waals surface area contributed by atoms with E-state index in [1.807, 2.05) is 0 Å². The van der Waals surface area contributed by atoms with Crippen molar-refractivity contribution in [1.82, 2.24) is 4.90 Å². The summed E-state index contributed by atoms with van der Waals surface area (Å²) in [7, 11) is 2.13. The van der Waals surface area contributed by atoms with Crippen molar-refractivity contribution in [2.24, 2.45) is 11.7 Å². The molecule has 0 aromatic rings. The van der Waals surface area contributed by atoms with E-state index in [9.17, 15) is 5.11 Å². The van der Waals surface area contributed by atoms with Crippen molar-refractivity contribution in [1.29, 1.82) is 0 Å². The third-order valence-corrected chi connectivity index (χ3v) is 4.30. The van der Waals surface area contributed by atoms with Crippen molar-refractivity contribution >= 4 is 0 Å². The topological polar surface area (TPSA) is 49.5 Å². The van der Waals surface area contributed by atoms with Gasteiger partial charge in [-0.05, 0) is 38.6 Å². The predicted molar refractivity (Wildman–Crippen MR) is 66.2 cm³/mol. The summed E-state index contributed by atoms with van der Waals surface area (Å²) in [6.45, 7) is 1.54. The summed E-state index contributed by atoms with van der Waals surface area (Å²) in [4.78, 5) is 2.31. The molecule has 1 unspecified atom stereocenters. The Morgan fingerprint density at radius 3 is 2.44 bits per heavy atom. The predicted octanol–water partition coefficient (Wildman–Crippen LogP) is 1.35. The number of rotatable bonds is 5. The lowest BCUT2D eigenvalue weighted by atomic mass is 9.84. The molecule has 2 fully saturated rings. The Kier molecular flexibility index (Phi) is 3.88. The fourth-order valence-electron chi connectivity index (χ4n) is 3.16. The van der Waals surface area contributed by atoms with Crippen LogP contribution in [-0.4, -0.2) is 41.8 Å².